The summed E-state index contributed by atoms with van der Waals surface area (Å²) >= 11 is 0. The number of likely N-dealkylation sites (tertiary alicyclic amines) is 1. The highest BCUT2D eigenvalue weighted by Crippen LogP contribution is 2.33. The Morgan fingerprint density at radius 1 is 0.946 bits per heavy atom. The van der Waals surface area contributed by atoms with Gasteiger partial charge in [0.25, 0.3) is 0 Å². The van der Waals surface area contributed by atoms with Gasteiger partial charge in [-0.3, -0.25) is 4.90 Å². The minimum atomic E-state index is -0.676. The normalized spacial score (nSPS) is 22.8. The van der Waals surface area contributed by atoms with Crippen LogP contribution in [0.25, 0.3) is 0 Å². The summed E-state index contributed by atoms with van der Waals surface area (Å²) in [6.45, 7) is 10.1. The maximum atomic E-state index is 11.8. The predicted octanol–water partition coefficient (Wildman–Crippen LogP) is 3.10. The number of piperidine rings is 1. The van der Waals surface area contributed by atoms with Crippen LogP contribution in [-0.2, 0) is 22.7 Å². The van der Waals surface area contributed by atoms with Crippen LogP contribution < -0.4 is 5.32 Å². The number of cyclic esters (lactones) is 2. The van der Waals surface area contributed by atoms with Crippen LogP contribution in [0.2, 0.25) is 0 Å². The fourth-order valence-electron chi connectivity index (χ4n) is 6.15. The van der Waals surface area contributed by atoms with E-state index in [1.165, 1.54) is 0 Å². The number of carbonyl (C=O) groups excluding carboxylic acids is 2. The van der Waals surface area contributed by atoms with Gasteiger partial charge in [-0.05, 0) is 73.0 Å². The molecular weight excluding hydrogens is 472 g/mol. The molecule has 0 radical (unpaired) electrons. The molecule has 3 aliphatic rings. The third-order valence-corrected chi connectivity index (χ3v) is 8.31. The minimum absolute atomic E-state index is 0.0121. The van der Waals surface area contributed by atoms with Crippen LogP contribution in [-0.4, -0.2) is 59.8 Å². The molecule has 0 saturated carbocycles. The molecule has 0 spiro atoms. The first-order chi connectivity index (χ1) is 17.7. The first-order valence-electron chi connectivity index (χ1n) is 13.0. The number of rotatable bonds is 8. The number of aliphatic hydroxyl groups excluding tert-OH is 2. The van der Waals surface area contributed by atoms with Gasteiger partial charge in [0.15, 0.2) is 0 Å². The Morgan fingerprint density at radius 2 is 1.51 bits per heavy atom. The maximum absolute atomic E-state index is 11.8. The van der Waals surface area contributed by atoms with Crippen LogP contribution in [0.1, 0.15) is 86.1 Å². The second-order valence-corrected chi connectivity index (χ2v) is 11.1. The third kappa shape index (κ3) is 5.03. The molecule has 0 aliphatic carbocycles. The second kappa shape index (κ2) is 10.2. The van der Waals surface area contributed by atoms with E-state index in [0.717, 1.165) is 65.9 Å². The van der Waals surface area contributed by atoms with Gasteiger partial charge in [0, 0.05) is 37.3 Å². The second-order valence-electron chi connectivity index (χ2n) is 11.1. The molecule has 3 atom stereocenters. The molecule has 8 heteroatoms. The van der Waals surface area contributed by atoms with Crippen molar-refractivity contribution in [1.29, 1.82) is 0 Å². The standard InChI is InChI=1S/C29H36N2O6/c1-17-19(5-7-21-23(17)13-36-27(21)34)25(32)11-30-15-29(3)9-4-10-31(16-29)12-26(33)20-6-8-22-24(18(20)2)14-37-28(22)35/h5-8,25-26,30,32-33H,4,9-16H2,1-3H3. The first kappa shape index (κ1) is 25.9. The van der Waals surface area contributed by atoms with E-state index in [9.17, 15) is 19.8 Å². The molecule has 5 rings (SSSR count). The Morgan fingerprint density at radius 3 is 2.11 bits per heavy atom. The third-order valence-electron chi connectivity index (χ3n) is 8.31. The quantitative estimate of drug-likeness (QED) is 0.467. The zero-order valence-electron chi connectivity index (χ0n) is 21.8. The SMILES string of the molecule is Cc1c(C(O)CNCC2(C)CCCN(CC(O)c3ccc4c(c3C)COC4=O)C2)ccc2c1COC2=O. The van der Waals surface area contributed by atoms with E-state index in [0.29, 0.717) is 24.2 Å². The zero-order valence-corrected chi connectivity index (χ0v) is 21.8. The van der Waals surface area contributed by atoms with Crippen molar-refractivity contribution in [2.45, 2.75) is 59.0 Å². The van der Waals surface area contributed by atoms with Crippen molar-refractivity contribution < 1.29 is 29.3 Å². The average Bonchev–Trinajstić information content (AvgIpc) is 3.43. The number of carbonyl (C=O) groups is 2. The maximum Gasteiger partial charge on any atom is 0.338 e. The number of esters is 2. The number of aliphatic hydroxyl groups is 2. The Bertz CT molecular complexity index is 1230. The summed E-state index contributed by atoms with van der Waals surface area (Å²) in [6.07, 6.45) is 0.787. The van der Waals surface area contributed by atoms with Gasteiger partial charge < -0.3 is 25.0 Å². The minimum Gasteiger partial charge on any atom is -0.457 e. The predicted molar refractivity (Wildman–Crippen MR) is 137 cm³/mol. The summed E-state index contributed by atoms with van der Waals surface area (Å²) in [5.74, 6) is -0.591. The number of β-amino-alcohol motifs (C(OH)–C–C–N with tert-alkyl or cyclic N) is 1. The summed E-state index contributed by atoms with van der Waals surface area (Å²) in [5, 5.41) is 25.4. The highest BCUT2D eigenvalue weighted by Gasteiger charge is 2.33. The average molecular weight is 509 g/mol. The molecule has 0 bridgehead atoms. The van der Waals surface area contributed by atoms with Gasteiger partial charge >= 0.3 is 11.9 Å². The van der Waals surface area contributed by atoms with E-state index in [2.05, 4.69) is 17.1 Å². The molecule has 3 unspecified atom stereocenters. The summed E-state index contributed by atoms with van der Waals surface area (Å²) in [7, 11) is 0. The van der Waals surface area contributed by atoms with Crippen LogP contribution >= 0.6 is 0 Å². The van der Waals surface area contributed by atoms with Crippen molar-refractivity contribution in [2.75, 3.05) is 32.7 Å². The lowest BCUT2D eigenvalue weighted by atomic mass is 9.81. The van der Waals surface area contributed by atoms with Gasteiger partial charge in [-0.25, -0.2) is 9.59 Å². The number of fused-ring (bicyclic) bond motifs is 2. The van der Waals surface area contributed by atoms with Gasteiger partial charge in [-0.15, -0.1) is 0 Å². The van der Waals surface area contributed by atoms with Crippen LogP contribution in [0.15, 0.2) is 24.3 Å². The fourth-order valence-corrected chi connectivity index (χ4v) is 6.15. The van der Waals surface area contributed by atoms with E-state index >= 15 is 0 Å². The van der Waals surface area contributed by atoms with Crippen molar-refractivity contribution in [1.82, 2.24) is 10.2 Å². The molecule has 3 N–H and O–H groups in total. The molecule has 2 aromatic rings. The molecule has 3 heterocycles. The number of hydrogen-bond acceptors (Lipinski definition) is 8. The first-order valence-corrected chi connectivity index (χ1v) is 13.0. The van der Waals surface area contributed by atoms with Crippen molar-refractivity contribution in [2.24, 2.45) is 5.41 Å². The Labute approximate surface area is 217 Å². The van der Waals surface area contributed by atoms with Gasteiger partial charge in [0.1, 0.15) is 13.2 Å². The summed E-state index contributed by atoms with van der Waals surface area (Å²) in [4.78, 5) is 25.9. The van der Waals surface area contributed by atoms with E-state index in [-0.39, 0.29) is 30.6 Å². The Balaban J connectivity index is 1.16. The molecule has 8 nitrogen and oxygen atoms in total. The number of benzene rings is 2. The summed E-state index contributed by atoms with van der Waals surface area (Å²) < 4.78 is 10.3. The lowest BCUT2D eigenvalue weighted by molar-refractivity contribution is 0.0500. The number of ether oxygens (including phenoxy) is 2. The van der Waals surface area contributed by atoms with Crippen LogP contribution in [0.5, 0.6) is 0 Å². The van der Waals surface area contributed by atoms with E-state index in [1.807, 2.05) is 26.0 Å². The zero-order chi connectivity index (χ0) is 26.3. The highest BCUT2D eigenvalue weighted by atomic mass is 16.5. The summed E-state index contributed by atoms with van der Waals surface area (Å²) in [5.41, 5.74) is 6.47. The fraction of sp³-hybridized carbons (Fsp3) is 0.517. The lowest BCUT2D eigenvalue weighted by Gasteiger charge is -2.41. The van der Waals surface area contributed by atoms with Crippen molar-refractivity contribution in [3.63, 3.8) is 0 Å². The Kier molecular flexibility index (Phi) is 7.11. The number of nitrogens with zero attached hydrogens (tertiary/aromatic N) is 1. The van der Waals surface area contributed by atoms with E-state index < -0.39 is 12.2 Å². The smallest absolute Gasteiger partial charge is 0.338 e. The van der Waals surface area contributed by atoms with Gasteiger partial charge in [0.2, 0.25) is 0 Å². The van der Waals surface area contributed by atoms with Crippen LogP contribution in [0.4, 0.5) is 0 Å². The van der Waals surface area contributed by atoms with Gasteiger partial charge in [0.05, 0.1) is 23.3 Å². The molecule has 2 aromatic carbocycles. The monoisotopic (exact) mass is 508 g/mol. The summed E-state index contributed by atoms with van der Waals surface area (Å²) in [6, 6.07) is 7.18. The molecule has 1 saturated heterocycles. The van der Waals surface area contributed by atoms with Crippen molar-refractivity contribution in [3.8, 4) is 0 Å². The van der Waals surface area contributed by atoms with Gasteiger partial charge in [-0.2, -0.15) is 0 Å². The molecule has 37 heavy (non-hydrogen) atoms. The Hall–Kier alpha value is -2.78. The highest BCUT2D eigenvalue weighted by molar-refractivity contribution is 5.94. The molecule has 198 valence electrons. The van der Waals surface area contributed by atoms with Crippen LogP contribution in [0.3, 0.4) is 0 Å². The van der Waals surface area contributed by atoms with Crippen molar-refractivity contribution >= 4 is 11.9 Å². The molecule has 0 aromatic heterocycles. The molecule has 1 fully saturated rings. The molecule has 0 amide bonds. The lowest BCUT2D eigenvalue weighted by Crippen LogP contribution is -2.48. The van der Waals surface area contributed by atoms with Crippen molar-refractivity contribution in [3.05, 3.63) is 68.8 Å². The number of hydrogen-bond donors (Lipinski definition) is 3. The number of nitrogens with one attached hydrogen (secondary N) is 1. The molecular formula is C29H36N2O6. The van der Waals surface area contributed by atoms with E-state index in [4.69, 9.17) is 9.47 Å². The molecule has 3 aliphatic heterocycles. The van der Waals surface area contributed by atoms with Gasteiger partial charge in [-0.1, -0.05) is 19.1 Å². The van der Waals surface area contributed by atoms with E-state index in [1.54, 1.807) is 12.1 Å². The van der Waals surface area contributed by atoms with Crippen LogP contribution in [0, 0.1) is 19.3 Å². The largest absolute Gasteiger partial charge is 0.457 e. The topological polar surface area (TPSA) is 108 Å².